The molecule has 39 heavy (non-hydrogen) atoms. The maximum Gasteiger partial charge on any atom is 0.310 e. The van der Waals surface area contributed by atoms with Crippen LogP contribution in [-0.4, -0.2) is 27.0 Å². The summed E-state index contributed by atoms with van der Waals surface area (Å²) >= 11 is 1.73. The monoisotopic (exact) mass is 543 g/mol. The second kappa shape index (κ2) is 10.3. The standard InChI is InChI=1S/C29H25N3O6S/c1-4-38-29(33)13-21-15-30(16-26-18(3)39-28-8-5-17(2)9-25(26)28)27-12-19(6-7-24(21)27)20-10-22(31(34)35)14-23(11-20)32(36)37/h5-12,14-15H,4,13,16H2,1-3H3. The van der Waals surface area contributed by atoms with Crippen molar-refractivity contribution in [1.82, 2.24) is 4.57 Å². The van der Waals surface area contributed by atoms with Crippen molar-refractivity contribution in [2.24, 2.45) is 0 Å². The third-order valence-electron chi connectivity index (χ3n) is 6.74. The van der Waals surface area contributed by atoms with Crippen molar-refractivity contribution < 1.29 is 19.4 Å². The molecule has 0 saturated heterocycles. The van der Waals surface area contributed by atoms with E-state index in [2.05, 4.69) is 36.6 Å². The minimum atomic E-state index is -0.637. The number of thiophene rings is 1. The number of ether oxygens (including phenoxy) is 1. The molecule has 3 aromatic carbocycles. The maximum absolute atomic E-state index is 12.4. The molecule has 0 aliphatic heterocycles. The Balaban J connectivity index is 1.68. The topological polar surface area (TPSA) is 118 Å². The lowest BCUT2D eigenvalue weighted by molar-refractivity contribution is -0.394. The molecule has 0 radical (unpaired) electrons. The fourth-order valence-electron chi connectivity index (χ4n) is 4.91. The number of nitrogens with zero attached hydrogens (tertiary/aromatic N) is 3. The fourth-order valence-corrected chi connectivity index (χ4v) is 5.97. The number of fused-ring (bicyclic) bond motifs is 2. The van der Waals surface area contributed by atoms with Crippen LogP contribution in [0, 0.1) is 34.1 Å². The van der Waals surface area contributed by atoms with Crippen molar-refractivity contribution in [3.63, 3.8) is 0 Å². The van der Waals surface area contributed by atoms with Crippen molar-refractivity contribution >= 4 is 49.7 Å². The molecule has 0 atom stereocenters. The van der Waals surface area contributed by atoms with Crippen molar-refractivity contribution in [3.8, 4) is 11.1 Å². The SMILES string of the molecule is CCOC(=O)Cc1cn(Cc2c(C)sc3ccc(C)cc23)c2cc(-c3cc([N+](=O)[O-])cc([N+](=O)[O-])c3)ccc12. The van der Waals surface area contributed by atoms with E-state index < -0.39 is 9.85 Å². The Kier molecular flexibility index (Phi) is 6.88. The van der Waals surface area contributed by atoms with Gasteiger partial charge in [-0.2, -0.15) is 0 Å². The van der Waals surface area contributed by atoms with Crippen LogP contribution in [0.2, 0.25) is 0 Å². The minimum absolute atomic E-state index is 0.0987. The van der Waals surface area contributed by atoms with Crippen molar-refractivity contribution in [2.75, 3.05) is 6.61 Å². The van der Waals surface area contributed by atoms with Gasteiger partial charge in [0.2, 0.25) is 0 Å². The highest BCUT2D eigenvalue weighted by atomic mass is 32.1. The van der Waals surface area contributed by atoms with E-state index in [1.54, 1.807) is 24.3 Å². The van der Waals surface area contributed by atoms with Gasteiger partial charge >= 0.3 is 5.97 Å². The average Bonchev–Trinajstić information content (AvgIpc) is 3.39. The molecule has 0 aliphatic carbocycles. The zero-order valence-corrected chi connectivity index (χ0v) is 22.4. The summed E-state index contributed by atoms with van der Waals surface area (Å²) in [6, 6.07) is 15.5. The Labute approximate surface area is 227 Å². The number of rotatable bonds is 8. The van der Waals surface area contributed by atoms with Gasteiger partial charge in [0.05, 0.1) is 28.9 Å². The number of hydrogen-bond donors (Lipinski definition) is 0. The lowest BCUT2D eigenvalue weighted by Crippen LogP contribution is -2.07. The first-order valence-electron chi connectivity index (χ1n) is 12.3. The lowest BCUT2D eigenvalue weighted by atomic mass is 10.0. The van der Waals surface area contributed by atoms with Gasteiger partial charge in [0, 0.05) is 45.4 Å². The Bertz CT molecular complexity index is 1750. The molecule has 0 N–H and O–H groups in total. The van der Waals surface area contributed by atoms with E-state index in [0.29, 0.717) is 17.7 Å². The van der Waals surface area contributed by atoms with Crippen LogP contribution < -0.4 is 0 Å². The molecule has 9 nitrogen and oxygen atoms in total. The van der Waals surface area contributed by atoms with E-state index in [0.717, 1.165) is 28.1 Å². The highest BCUT2D eigenvalue weighted by Crippen LogP contribution is 2.36. The van der Waals surface area contributed by atoms with Crippen LogP contribution >= 0.6 is 11.3 Å². The number of carbonyl (C=O) groups is 1. The van der Waals surface area contributed by atoms with Crippen LogP contribution in [0.5, 0.6) is 0 Å². The van der Waals surface area contributed by atoms with Crippen molar-refractivity contribution in [2.45, 2.75) is 33.7 Å². The number of esters is 1. The number of aromatic nitrogens is 1. The summed E-state index contributed by atoms with van der Waals surface area (Å²) in [6.45, 7) is 6.75. The second-order valence-corrected chi connectivity index (χ2v) is 10.6. The first kappa shape index (κ1) is 26.1. The molecule has 5 aromatic rings. The molecule has 2 aromatic heterocycles. The average molecular weight is 544 g/mol. The van der Waals surface area contributed by atoms with E-state index in [1.807, 2.05) is 18.3 Å². The molecule has 5 rings (SSSR count). The van der Waals surface area contributed by atoms with Gasteiger partial charge in [-0.25, -0.2) is 0 Å². The Morgan fingerprint density at radius 2 is 1.64 bits per heavy atom. The van der Waals surface area contributed by atoms with Crippen LogP contribution in [0.15, 0.2) is 60.8 Å². The number of nitro groups is 2. The van der Waals surface area contributed by atoms with E-state index in [4.69, 9.17) is 4.74 Å². The van der Waals surface area contributed by atoms with Gasteiger partial charge < -0.3 is 9.30 Å². The molecular weight excluding hydrogens is 518 g/mol. The number of benzene rings is 3. The predicted octanol–water partition coefficient (Wildman–Crippen LogP) is 7.11. The fraction of sp³-hybridized carbons (Fsp3) is 0.207. The summed E-state index contributed by atoms with van der Waals surface area (Å²) in [4.78, 5) is 35.2. The molecule has 0 unspecified atom stereocenters. The molecule has 0 bridgehead atoms. The van der Waals surface area contributed by atoms with Gasteiger partial charge in [0.1, 0.15) is 0 Å². The highest BCUT2D eigenvalue weighted by Gasteiger charge is 2.20. The number of aryl methyl sites for hydroxylation is 2. The predicted molar refractivity (Wildman–Crippen MR) is 151 cm³/mol. The van der Waals surface area contributed by atoms with Crippen LogP contribution in [0.4, 0.5) is 11.4 Å². The third kappa shape index (κ3) is 5.10. The number of non-ortho nitro benzene ring substituents is 2. The molecule has 0 saturated carbocycles. The number of carbonyl (C=O) groups excluding carboxylic acids is 1. The Morgan fingerprint density at radius 3 is 2.31 bits per heavy atom. The zero-order valence-electron chi connectivity index (χ0n) is 21.6. The Morgan fingerprint density at radius 1 is 0.923 bits per heavy atom. The summed E-state index contributed by atoms with van der Waals surface area (Å²) in [5, 5.41) is 24.9. The number of hydrogen-bond acceptors (Lipinski definition) is 7. The van der Waals surface area contributed by atoms with Gasteiger partial charge in [-0.3, -0.25) is 25.0 Å². The summed E-state index contributed by atoms with van der Waals surface area (Å²) in [5.74, 6) is -0.331. The van der Waals surface area contributed by atoms with Crippen LogP contribution in [0.1, 0.15) is 28.5 Å². The molecule has 0 spiro atoms. The first-order chi connectivity index (χ1) is 18.6. The van der Waals surface area contributed by atoms with E-state index in [9.17, 15) is 25.0 Å². The minimum Gasteiger partial charge on any atom is -0.466 e. The molecule has 0 amide bonds. The summed E-state index contributed by atoms with van der Waals surface area (Å²) in [7, 11) is 0. The summed E-state index contributed by atoms with van der Waals surface area (Å²) in [5.41, 5.74) is 4.21. The summed E-state index contributed by atoms with van der Waals surface area (Å²) < 4.78 is 8.45. The molecule has 0 fully saturated rings. The molecule has 2 heterocycles. The molecule has 0 aliphatic rings. The van der Waals surface area contributed by atoms with E-state index >= 15 is 0 Å². The van der Waals surface area contributed by atoms with E-state index in [1.165, 1.54) is 32.7 Å². The zero-order chi connectivity index (χ0) is 27.8. The van der Waals surface area contributed by atoms with Crippen LogP contribution in [0.3, 0.4) is 0 Å². The lowest BCUT2D eigenvalue weighted by Gasteiger charge is -2.09. The van der Waals surface area contributed by atoms with Crippen molar-refractivity contribution in [3.05, 3.63) is 103 Å². The Hall–Kier alpha value is -4.57. The maximum atomic E-state index is 12.4. The van der Waals surface area contributed by atoms with Gasteiger partial charge in [-0.1, -0.05) is 29.8 Å². The second-order valence-electron chi connectivity index (χ2n) is 9.38. The van der Waals surface area contributed by atoms with Crippen molar-refractivity contribution in [1.29, 1.82) is 0 Å². The van der Waals surface area contributed by atoms with E-state index in [-0.39, 0.29) is 30.4 Å². The number of nitro benzene ring substituents is 2. The summed E-state index contributed by atoms with van der Waals surface area (Å²) in [6.07, 6.45) is 2.04. The molecule has 198 valence electrons. The normalized spacial score (nSPS) is 11.3. The van der Waals surface area contributed by atoms with Gasteiger partial charge in [0.25, 0.3) is 11.4 Å². The quantitative estimate of drug-likeness (QED) is 0.117. The van der Waals surface area contributed by atoms with Gasteiger partial charge in [-0.05, 0) is 60.5 Å². The highest BCUT2D eigenvalue weighted by molar-refractivity contribution is 7.19. The van der Waals surface area contributed by atoms with Gasteiger partial charge in [0.15, 0.2) is 0 Å². The molecule has 10 heteroatoms. The molecular formula is C29H25N3O6S. The smallest absolute Gasteiger partial charge is 0.310 e. The van der Waals surface area contributed by atoms with Gasteiger partial charge in [-0.15, -0.1) is 11.3 Å². The van der Waals surface area contributed by atoms with Crippen LogP contribution in [0.25, 0.3) is 32.1 Å². The largest absolute Gasteiger partial charge is 0.466 e. The first-order valence-corrected chi connectivity index (χ1v) is 13.2. The van der Waals surface area contributed by atoms with Crippen LogP contribution in [-0.2, 0) is 22.5 Å². The third-order valence-corrected chi connectivity index (χ3v) is 7.87.